The highest BCUT2D eigenvalue weighted by Gasteiger charge is 2.37. The standard InChI is InChI=1S/C22H26N4O3/c27-22(26-10-8-25(9-11-26)17-4-2-1-3-5-17)18-15-23-24-21(18)16-6-7-19-20(14-16)29-13-12-28-19/h1-7,14,18,21,23-24H,8-13,15H2. The zero-order valence-corrected chi connectivity index (χ0v) is 16.3. The second-order valence-electron chi connectivity index (χ2n) is 7.66. The molecule has 7 nitrogen and oxygen atoms in total. The van der Waals surface area contributed by atoms with E-state index in [1.807, 2.05) is 29.2 Å². The van der Waals surface area contributed by atoms with Crippen molar-refractivity contribution in [2.45, 2.75) is 6.04 Å². The normalized spacial score (nSPS) is 23.9. The molecule has 3 heterocycles. The van der Waals surface area contributed by atoms with E-state index in [-0.39, 0.29) is 17.9 Å². The summed E-state index contributed by atoms with van der Waals surface area (Å²) in [6.45, 7) is 4.97. The Bertz CT molecular complexity index is 868. The minimum atomic E-state index is -0.138. The topological polar surface area (TPSA) is 66.1 Å². The van der Waals surface area contributed by atoms with Gasteiger partial charge in [0.2, 0.25) is 5.91 Å². The first-order valence-corrected chi connectivity index (χ1v) is 10.3. The number of carbonyl (C=O) groups is 1. The van der Waals surface area contributed by atoms with Crippen LogP contribution in [-0.2, 0) is 4.79 Å². The summed E-state index contributed by atoms with van der Waals surface area (Å²) in [5.74, 6) is 1.59. The smallest absolute Gasteiger partial charge is 0.229 e. The molecule has 2 saturated heterocycles. The number of fused-ring (bicyclic) bond motifs is 1. The quantitative estimate of drug-likeness (QED) is 0.824. The van der Waals surface area contributed by atoms with E-state index < -0.39 is 0 Å². The zero-order valence-electron chi connectivity index (χ0n) is 16.3. The lowest BCUT2D eigenvalue weighted by atomic mass is 9.93. The van der Waals surface area contributed by atoms with Gasteiger partial charge in [-0.1, -0.05) is 24.3 Å². The average molecular weight is 394 g/mol. The van der Waals surface area contributed by atoms with Crippen LogP contribution in [0.1, 0.15) is 11.6 Å². The van der Waals surface area contributed by atoms with Gasteiger partial charge in [0.05, 0.1) is 12.0 Å². The van der Waals surface area contributed by atoms with Gasteiger partial charge < -0.3 is 19.3 Å². The van der Waals surface area contributed by atoms with Crippen molar-refractivity contribution in [3.05, 3.63) is 54.1 Å². The van der Waals surface area contributed by atoms with Crippen molar-refractivity contribution < 1.29 is 14.3 Å². The van der Waals surface area contributed by atoms with Gasteiger partial charge in [-0.2, -0.15) is 0 Å². The van der Waals surface area contributed by atoms with Crippen LogP contribution in [0.4, 0.5) is 5.69 Å². The number of piperazine rings is 1. The lowest BCUT2D eigenvalue weighted by Gasteiger charge is -2.37. The molecule has 2 atom stereocenters. The van der Waals surface area contributed by atoms with Gasteiger partial charge in [0.15, 0.2) is 11.5 Å². The Hall–Kier alpha value is -2.77. The summed E-state index contributed by atoms with van der Waals surface area (Å²) < 4.78 is 11.3. The molecule has 0 saturated carbocycles. The van der Waals surface area contributed by atoms with Crippen LogP contribution < -0.4 is 25.2 Å². The molecule has 0 aromatic heterocycles. The van der Waals surface area contributed by atoms with Gasteiger partial charge in [0.25, 0.3) is 0 Å². The molecule has 2 aromatic rings. The Morgan fingerprint density at radius 3 is 2.48 bits per heavy atom. The summed E-state index contributed by atoms with van der Waals surface area (Å²) in [4.78, 5) is 17.6. The molecule has 2 unspecified atom stereocenters. The number of benzene rings is 2. The van der Waals surface area contributed by atoms with Crippen LogP contribution in [-0.4, -0.2) is 56.7 Å². The lowest BCUT2D eigenvalue weighted by Crippen LogP contribution is -2.51. The van der Waals surface area contributed by atoms with Crippen LogP contribution in [0.2, 0.25) is 0 Å². The number of hydrogen-bond acceptors (Lipinski definition) is 6. The van der Waals surface area contributed by atoms with Crippen LogP contribution in [0.25, 0.3) is 0 Å². The molecule has 2 N–H and O–H groups in total. The Kier molecular flexibility index (Phi) is 4.99. The molecular formula is C22H26N4O3. The third-order valence-corrected chi connectivity index (χ3v) is 5.94. The number of para-hydroxylation sites is 1. The van der Waals surface area contributed by atoms with Gasteiger partial charge >= 0.3 is 0 Å². The van der Waals surface area contributed by atoms with Crippen LogP contribution in [0.3, 0.4) is 0 Å². The number of hydrogen-bond donors (Lipinski definition) is 2. The van der Waals surface area contributed by atoms with Crippen molar-refractivity contribution in [2.75, 3.05) is 50.8 Å². The molecule has 2 aromatic carbocycles. The van der Waals surface area contributed by atoms with Crippen molar-refractivity contribution in [3.63, 3.8) is 0 Å². The van der Waals surface area contributed by atoms with Crippen LogP contribution in [0.5, 0.6) is 11.5 Å². The van der Waals surface area contributed by atoms with E-state index in [9.17, 15) is 4.79 Å². The largest absolute Gasteiger partial charge is 0.486 e. The second kappa shape index (κ2) is 7.93. The van der Waals surface area contributed by atoms with Crippen LogP contribution in [0.15, 0.2) is 48.5 Å². The molecular weight excluding hydrogens is 368 g/mol. The number of ether oxygens (including phenoxy) is 2. The van der Waals surface area contributed by atoms with Crippen LogP contribution >= 0.6 is 0 Å². The molecule has 0 radical (unpaired) electrons. The maximum Gasteiger partial charge on any atom is 0.229 e. The average Bonchev–Trinajstić information content (AvgIpc) is 3.29. The van der Waals surface area contributed by atoms with E-state index in [0.29, 0.717) is 19.8 Å². The predicted molar refractivity (Wildman–Crippen MR) is 110 cm³/mol. The number of hydrazine groups is 1. The zero-order chi connectivity index (χ0) is 19.6. The van der Waals surface area contributed by atoms with Crippen molar-refractivity contribution in [3.8, 4) is 11.5 Å². The van der Waals surface area contributed by atoms with E-state index in [2.05, 4.69) is 40.0 Å². The minimum absolute atomic E-state index is 0.0783. The molecule has 0 aliphatic carbocycles. The van der Waals surface area contributed by atoms with Crippen molar-refractivity contribution in [1.82, 2.24) is 15.8 Å². The Labute approximate surface area is 170 Å². The third kappa shape index (κ3) is 3.63. The summed E-state index contributed by atoms with van der Waals surface area (Å²) in [5.41, 5.74) is 8.72. The molecule has 0 bridgehead atoms. The molecule has 152 valence electrons. The highest BCUT2D eigenvalue weighted by atomic mass is 16.6. The minimum Gasteiger partial charge on any atom is -0.486 e. The molecule has 2 fully saturated rings. The van der Waals surface area contributed by atoms with Crippen molar-refractivity contribution in [1.29, 1.82) is 0 Å². The fourth-order valence-electron chi connectivity index (χ4n) is 4.35. The van der Waals surface area contributed by atoms with Gasteiger partial charge in [-0.15, -0.1) is 0 Å². The van der Waals surface area contributed by atoms with Crippen molar-refractivity contribution in [2.24, 2.45) is 5.92 Å². The first-order chi connectivity index (χ1) is 14.3. The summed E-state index contributed by atoms with van der Waals surface area (Å²) in [6.07, 6.45) is 0. The summed E-state index contributed by atoms with van der Waals surface area (Å²) in [6, 6.07) is 16.3. The van der Waals surface area contributed by atoms with E-state index in [4.69, 9.17) is 9.47 Å². The highest BCUT2D eigenvalue weighted by molar-refractivity contribution is 5.81. The molecule has 3 aliphatic heterocycles. The van der Waals surface area contributed by atoms with E-state index >= 15 is 0 Å². The molecule has 0 spiro atoms. The van der Waals surface area contributed by atoms with Crippen molar-refractivity contribution >= 4 is 11.6 Å². The molecule has 1 amide bonds. The summed E-state index contributed by atoms with van der Waals surface area (Å²) >= 11 is 0. The SMILES string of the molecule is O=C(C1CNNC1c1ccc2c(c1)OCCO2)N1CCN(c2ccccc2)CC1. The molecule has 3 aliphatic rings. The Morgan fingerprint density at radius 1 is 0.931 bits per heavy atom. The number of carbonyl (C=O) groups excluding carboxylic acids is 1. The third-order valence-electron chi connectivity index (χ3n) is 5.94. The predicted octanol–water partition coefficient (Wildman–Crippen LogP) is 1.57. The molecule has 7 heteroatoms. The fourth-order valence-corrected chi connectivity index (χ4v) is 4.35. The number of nitrogens with zero attached hydrogens (tertiary/aromatic N) is 2. The monoisotopic (exact) mass is 394 g/mol. The van der Waals surface area contributed by atoms with E-state index in [0.717, 1.165) is 43.2 Å². The first kappa shape index (κ1) is 18.3. The highest BCUT2D eigenvalue weighted by Crippen LogP contribution is 2.35. The Balaban J connectivity index is 1.26. The maximum atomic E-state index is 13.3. The fraction of sp³-hybridized carbons (Fsp3) is 0.409. The summed E-state index contributed by atoms with van der Waals surface area (Å²) in [7, 11) is 0. The number of amides is 1. The van der Waals surface area contributed by atoms with Gasteiger partial charge in [-0.25, -0.2) is 5.43 Å². The van der Waals surface area contributed by atoms with Gasteiger partial charge in [0, 0.05) is 38.4 Å². The van der Waals surface area contributed by atoms with Crippen LogP contribution in [0, 0.1) is 5.92 Å². The Morgan fingerprint density at radius 2 is 1.69 bits per heavy atom. The maximum absolute atomic E-state index is 13.3. The number of nitrogens with one attached hydrogen (secondary N) is 2. The molecule has 5 rings (SSSR count). The van der Waals surface area contributed by atoms with E-state index in [1.54, 1.807) is 0 Å². The summed E-state index contributed by atoms with van der Waals surface area (Å²) in [5, 5.41) is 0. The van der Waals surface area contributed by atoms with Gasteiger partial charge in [-0.3, -0.25) is 10.2 Å². The second-order valence-corrected chi connectivity index (χ2v) is 7.66. The number of anilines is 1. The first-order valence-electron chi connectivity index (χ1n) is 10.3. The molecule has 29 heavy (non-hydrogen) atoms. The van der Waals surface area contributed by atoms with E-state index in [1.165, 1.54) is 5.69 Å². The lowest BCUT2D eigenvalue weighted by molar-refractivity contribution is -0.135. The number of rotatable bonds is 3. The van der Waals surface area contributed by atoms with Gasteiger partial charge in [0.1, 0.15) is 13.2 Å². The van der Waals surface area contributed by atoms with Gasteiger partial charge in [-0.05, 0) is 29.8 Å².